The fraction of sp³-hybridized carbons (Fsp3) is 0.471. The Balaban J connectivity index is 1.65. The van der Waals surface area contributed by atoms with Crippen LogP contribution in [0.25, 0.3) is 11.0 Å². The van der Waals surface area contributed by atoms with Crippen molar-refractivity contribution in [2.45, 2.75) is 45.2 Å². The molecule has 0 radical (unpaired) electrons. The minimum Gasteiger partial charge on any atom is -0.352 e. The molecule has 6 heteroatoms. The molecule has 23 heavy (non-hydrogen) atoms. The lowest BCUT2D eigenvalue weighted by Crippen LogP contribution is -2.45. The maximum Gasteiger partial charge on any atom is 0.175 e. The number of nitrogens with one attached hydrogen (secondary N) is 1. The zero-order chi connectivity index (χ0) is 16.4. The number of piperidine rings is 1. The Morgan fingerprint density at radius 1 is 1.43 bits per heavy atom. The molecule has 1 fully saturated rings. The number of H-pyrrole nitrogens is 1. The number of carbonyl (C=O) groups is 1. The van der Waals surface area contributed by atoms with Crippen LogP contribution in [-0.4, -0.2) is 42.8 Å². The van der Waals surface area contributed by atoms with Gasteiger partial charge in [0.1, 0.15) is 9.97 Å². The van der Waals surface area contributed by atoms with Crippen LogP contribution < -0.4 is 0 Å². The number of hydrogen-bond acceptors (Lipinski definition) is 4. The number of hydrogen-bond donors (Lipinski definition) is 1. The smallest absolute Gasteiger partial charge is 0.175 e. The van der Waals surface area contributed by atoms with Crippen LogP contribution in [0.15, 0.2) is 24.5 Å². The topological polar surface area (TPSA) is 49.0 Å². The van der Waals surface area contributed by atoms with Gasteiger partial charge in [-0.2, -0.15) is 0 Å². The van der Waals surface area contributed by atoms with Crippen molar-refractivity contribution < 1.29 is 4.79 Å². The normalized spacial score (nSPS) is 21.6. The SMILES string of the molecule is C[C@H]1CCC[C@H](C)N1C(=S)SCC(=O)c1c[nH]c2ncccc12. The lowest BCUT2D eigenvalue weighted by atomic mass is 9.99. The fourth-order valence-corrected chi connectivity index (χ4v) is 4.70. The summed E-state index contributed by atoms with van der Waals surface area (Å²) in [5.74, 6) is 0.463. The molecule has 3 heterocycles. The van der Waals surface area contributed by atoms with Gasteiger partial charge in [0.15, 0.2) is 5.78 Å². The lowest BCUT2D eigenvalue weighted by molar-refractivity contribution is 0.102. The Hall–Kier alpha value is -1.40. The largest absolute Gasteiger partial charge is 0.352 e. The molecule has 0 aromatic carbocycles. The van der Waals surface area contributed by atoms with Gasteiger partial charge in [0, 0.05) is 35.4 Å². The molecule has 4 nitrogen and oxygen atoms in total. The molecule has 1 aliphatic heterocycles. The third-order valence-electron chi connectivity index (χ3n) is 4.48. The van der Waals surface area contributed by atoms with Crippen molar-refractivity contribution in [1.82, 2.24) is 14.9 Å². The van der Waals surface area contributed by atoms with Gasteiger partial charge in [-0.05, 0) is 45.2 Å². The van der Waals surface area contributed by atoms with Crippen LogP contribution in [0.2, 0.25) is 0 Å². The zero-order valence-electron chi connectivity index (χ0n) is 13.4. The number of pyridine rings is 1. The number of fused-ring (bicyclic) bond motifs is 1. The van der Waals surface area contributed by atoms with Gasteiger partial charge in [-0.25, -0.2) is 4.98 Å². The number of ketones is 1. The summed E-state index contributed by atoms with van der Waals surface area (Å²) in [6.07, 6.45) is 7.07. The van der Waals surface area contributed by atoms with Crippen molar-refractivity contribution >= 4 is 45.1 Å². The molecule has 1 aliphatic rings. The van der Waals surface area contributed by atoms with Crippen LogP contribution in [-0.2, 0) is 0 Å². The Kier molecular flexibility index (Phi) is 5.02. The van der Waals surface area contributed by atoms with E-state index in [4.69, 9.17) is 12.2 Å². The lowest BCUT2D eigenvalue weighted by Gasteiger charge is -2.40. The van der Waals surface area contributed by atoms with Gasteiger partial charge < -0.3 is 9.88 Å². The molecule has 1 saturated heterocycles. The predicted molar refractivity (Wildman–Crippen MR) is 100 cm³/mol. The van der Waals surface area contributed by atoms with Crippen molar-refractivity contribution in [3.63, 3.8) is 0 Å². The highest BCUT2D eigenvalue weighted by Gasteiger charge is 2.27. The summed E-state index contributed by atoms with van der Waals surface area (Å²) in [6, 6.07) is 4.70. The predicted octanol–water partition coefficient (Wildman–Crippen LogP) is 4.03. The summed E-state index contributed by atoms with van der Waals surface area (Å²) in [6.45, 7) is 4.44. The van der Waals surface area contributed by atoms with Crippen LogP contribution in [0.3, 0.4) is 0 Å². The van der Waals surface area contributed by atoms with Gasteiger partial charge in [0.2, 0.25) is 0 Å². The second kappa shape index (κ2) is 7.01. The first-order valence-electron chi connectivity index (χ1n) is 7.98. The Labute approximate surface area is 146 Å². The van der Waals surface area contributed by atoms with Crippen LogP contribution in [0.1, 0.15) is 43.5 Å². The van der Waals surface area contributed by atoms with E-state index in [1.165, 1.54) is 31.0 Å². The van der Waals surface area contributed by atoms with Gasteiger partial charge >= 0.3 is 0 Å². The molecular weight excluding hydrogens is 326 g/mol. The number of carbonyl (C=O) groups excluding carboxylic acids is 1. The Bertz CT molecular complexity index is 717. The number of aromatic nitrogens is 2. The molecule has 2 atom stereocenters. The van der Waals surface area contributed by atoms with E-state index in [2.05, 4.69) is 28.7 Å². The van der Waals surface area contributed by atoms with E-state index in [1.54, 1.807) is 12.4 Å². The van der Waals surface area contributed by atoms with E-state index in [0.717, 1.165) is 15.4 Å². The highest BCUT2D eigenvalue weighted by atomic mass is 32.2. The maximum absolute atomic E-state index is 12.5. The minimum absolute atomic E-state index is 0.0916. The van der Waals surface area contributed by atoms with E-state index >= 15 is 0 Å². The van der Waals surface area contributed by atoms with E-state index < -0.39 is 0 Å². The first kappa shape index (κ1) is 16.5. The highest BCUT2D eigenvalue weighted by molar-refractivity contribution is 8.23. The van der Waals surface area contributed by atoms with Crippen LogP contribution >= 0.6 is 24.0 Å². The van der Waals surface area contributed by atoms with Gasteiger partial charge in [0.25, 0.3) is 0 Å². The molecule has 0 bridgehead atoms. The second-order valence-electron chi connectivity index (χ2n) is 6.12. The van der Waals surface area contributed by atoms with Gasteiger partial charge in [-0.1, -0.05) is 24.0 Å². The quantitative estimate of drug-likeness (QED) is 0.671. The van der Waals surface area contributed by atoms with Crippen LogP contribution in [0.5, 0.6) is 0 Å². The number of Topliss-reactive ketones (excluding diaryl/α,β-unsaturated/α-hetero) is 1. The van der Waals surface area contributed by atoms with Crippen molar-refractivity contribution in [3.05, 3.63) is 30.1 Å². The summed E-state index contributed by atoms with van der Waals surface area (Å²) >= 11 is 7.07. The number of likely N-dealkylation sites (tertiary alicyclic amines) is 1. The van der Waals surface area contributed by atoms with Crippen molar-refractivity contribution in [1.29, 1.82) is 0 Å². The molecule has 2 aromatic heterocycles. The van der Waals surface area contributed by atoms with E-state index in [1.807, 2.05) is 12.1 Å². The number of aromatic amines is 1. The molecule has 0 amide bonds. The van der Waals surface area contributed by atoms with Gasteiger partial charge in [-0.15, -0.1) is 0 Å². The molecule has 0 saturated carbocycles. The zero-order valence-corrected chi connectivity index (χ0v) is 15.0. The molecule has 0 unspecified atom stereocenters. The van der Waals surface area contributed by atoms with Crippen LogP contribution in [0.4, 0.5) is 0 Å². The van der Waals surface area contributed by atoms with E-state index in [9.17, 15) is 4.79 Å². The monoisotopic (exact) mass is 347 g/mol. The van der Waals surface area contributed by atoms with Crippen molar-refractivity contribution in [3.8, 4) is 0 Å². The molecule has 1 N–H and O–H groups in total. The summed E-state index contributed by atoms with van der Waals surface area (Å²) in [5, 5.41) is 0.878. The average Bonchev–Trinajstić information content (AvgIpc) is 2.96. The maximum atomic E-state index is 12.5. The summed E-state index contributed by atoms with van der Waals surface area (Å²) in [5.41, 5.74) is 1.45. The van der Waals surface area contributed by atoms with Crippen molar-refractivity contribution in [2.24, 2.45) is 0 Å². The third-order valence-corrected chi connectivity index (χ3v) is 5.91. The fourth-order valence-electron chi connectivity index (χ4n) is 3.25. The van der Waals surface area contributed by atoms with E-state index in [0.29, 0.717) is 23.4 Å². The summed E-state index contributed by atoms with van der Waals surface area (Å²) in [4.78, 5) is 22.1. The number of nitrogens with zero attached hydrogens (tertiary/aromatic N) is 2. The van der Waals surface area contributed by atoms with Gasteiger partial charge in [0.05, 0.1) is 5.75 Å². The summed E-state index contributed by atoms with van der Waals surface area (Å²) < 4.78 is 0.844. The number of thiocarbonyl (C=S) groups is 1. The molecule has 0 spiro atoms. The summed E-state index contributed by atoms with van der Waals surface area (Å²) in [7, 11) is 0. The first-order chi connectivity index (χ1) is 11.1. The highest BCUT2D eigenvalue weighted by Crippen LogP contribution is 2.27. The molecule has 0 aliphatic carbocycles. The standard InChI is InChI=1S/C17H21N3OS2/c1-11-5-3-6-12(2)20(11)17(22)23-10-15(21)14-9-19-16-13(14)7-4-8-18-16/h4,7-9,11-12H,3,5-6,10H2,1-2H3,(H,18,19)/t11-,12-/m0/s1. The first-order valence-corrected chi connectivity index (χ1v) is 9.37. The van der Waals surface area contributed by atoms with Crippen LogP contribution in [0, 0.1) is 0 Å². The minimum atomic E-state index is 0.0916. The second-order valence-corrected chi connectivity index (χ2v) is 7.73. The van der Waals surface area contributed by atoms with Gasteiger partial charge in [-0.3, -0.25) is 4.79 Å². The molecule has 122 valence electrons. The van der Waals surface area contributed by atoms with E-state index in [-0.39, 0.29) is 5.78 Å². The molecular formula is C17H21N3OS2. The molecule has 3 rings (SSSR count). The van der Waals surface area contributed by atoms with Crippen molar-refractivity contribution in [2.75, 3.05) is 5.75 Å². The molecule has 2 aromatic rings. The Morgan fingerprint density at radius 2 is 2.17 bits per heavy atom. The number of rotatable bonds is 3. The number of thioether (sulfide) groups is 1. The Morgan fingerprint density at radius 3 is 2.91 bits per heavy atom. The third kappa shape index (κ3) is 3.43. The average molecular weight is 348 g/mol.